The summed E-state index contributed by atoms with van der Waals surface area (Å²) in [5.74, 6) is 0.409. The maximum Gasteiger partial charge on any atom is 0.166 e. The van der Waals surface area contributed by atoms with Crippen LogP contribution in [0.15, 0.2) is 51.4 Å². The molecule has 0 aliphatic carbocycles. The van der Waals surface area contributed by atoms with Gasteiger partial charge in [0.2, 0.25) is 0 Å². The Bertz CT molecular complexity index is 514. The van der Waals surface area contributed by atoms with E-state index in [9.17, 15) is 4.39 Å². The summed E-state index contributed by atoms with van der Waals surface area (Å²) in [7, 11) is 0. The molecule has 0 saturated heterocycles. The van der Waals surface area contributed by atoms with Crippen molar-refractivity contribution in [2.45, 2.75) is 0 Å². The van der Waals surface area contributed by atoms with Gasteiger partial charge in [0.15, 0.2) is 11.6 Å². The van der Waals surface area contributed by atoms with Crippen LogP contribution in [-0.4, -0.2) is 0 Å². The van der Waals surface area contributed by atoms with Crippen molar-refractivity contribution in [3.63, 3.8) is 0 Å². The summed E-state index contributed by atoms with van der Waals surface area (Å²) in [5.41, 5.74) is 0. The fraction of sp³-hybridized carbons (Fsp3) is 0. The van der Waals surface area contributed by atoms with E-state index < -0.39 is 5.82 Å². The molecule has 82 valence electrons. The molecule has 4 heteroatoms. The lowest BCUT2D eigenvalue weighted by atomic mass is 10.3. The lowest BCUT2D eigenvalue weighted by molar-refractivity contribution is 0.442. The van der Waals surface area contributed by atoms with Crippen molar-refractivity contribution in [2.24, 2.45) is 0 Å². The van der Waals surface area contributed by atoms with Gasteiger partial charge >= 0.3 is 0 Å². The van der Waals surface area contributed by atoms with E-state index >= 15 is 0 Å². The molecule has 0 saturated carbocycles. The van der Waals surface area contributed by atoms with Gasteiger partial charge in [0.1, 0.15) is 5.75 Å². The summed E-state index contributed by atoms with van der Waals surface area (Å²) in [5, 5.41) is 0. The van der Waals surface area contributed by atoms with Crippen LogP contribution in [0.2, 0.25) is 0 Å². The second-order valence-electron chi connectivity index (χ2n) is 3.13. The van der Waals surface area contributed by atoms with Gasteiger partial charge in [-0.3, -0.25) is 0 Å². The largest absolute Gasteiger partial charge is 0.454 e. The number of hydrogen-bond acceptors (Lipinski definition) is 1. The third-order valence-corrected chi connectivity index (χ3v) is 2.90. The smallest absolute Gasteiger partial charge is 0.166 e. The summed E-state index contributed by atoms with van der Waals surface area (Å²) in [6.45, 7) is 0. The quantitative estimate of drug-likeness (QED) is 0.732. The molecule has 0 aliphatic rings. The van der Waals surface area contributed by atoms with E-state index in [1.54, 1.807) is 24.3 Å². The number of hydrogen-bond donors (Lipinski definition) is 0. The number of ether oxygens (including phenoxy) is 1. The van der Waals surface area contributed by atoms with E-state index in [4.69, 9.17) is 4.74 Å². The highest BCUT2D eigenvalue weighted by Gasteiger charge is 2.05. The van der Waals surface area contributed by atoms with Gasteiger partial charge in [-0.2, -0.15) is 0 Å². The minimum absolute atomic E-state index is 0.210. The summed E-state index contributed by atoms with van der Waals surface area (Å²) in [6.07, 6.45) is 0. The average Bonchev–Trinajstić information content (AvgIpc) is 2.22. The van der Waals surface area contributed by atoms with Gasteiger partial charge in [-0.15, -0.1) is 0 Å². The first-order valence-electron chi connectivity index (χ1n) is 4.53. The second-order valence-corrected chi connectivity index (χ2v) is 4.97. The van der Waals surface area contributed by atoms with Crippen molar-refractivity contribution in [3.05, 3.63) is 57.2 Å². The minimum Gasteiger partial charge on any atom is -0.454 e. The molecule has 0 aliphatic heterocycles. The molecular weight excluding hydrogens is 339 g/mol. The average molecular weight is 346 g/mol. The molecule has 0 amide bonds. The highest BCUT2D eigenvalue weighted by Crippen LogP contribution is 2.28. The van der Waals surface area contributed by atoms with Crippen LogP contribution < -0.4 is 4.74 Å². The Morgan fingerprint density at radius 2 is 1.69 bits per heavy atom. The van der Waals surface area contributed by atoms with Crippen molar-refractivity contribution in [1.82, 2.24) is 0 Å². The Morgan fingerprint density at radius 1 is 0.938 bits per heavy atom. The first-order valence-corrected chi connectivity index (χ1v) is 6.12. The van der Waals surface area contributed by atoms with E-state index in [1.807, 2.05) is 12.1 Å². The fourth-order valence-electron chi connectivity index (χ4n) is 1.22. The number of rotatable bonds is 2. The summed E-state index contributed by atoms with van der Waals surface area (Å²) >= 11 is 6.51. The Labute approximate surface area is 110 Å². The molecule has 0 spiro atoms. The monoisotopic (exact) mass is 344 g/mol. The van der Waals surface area contributed by atoms with Gasteiger partial charge in [-0.1, -0.05) is 37.9 Å². The van der Waals surface area contributed by atoms with Crippen LogP contribution in [0.25, 0.3) is 0 Å². The molecule has 2 rings (SSSR count). The minimum atomic E-state index is -0.394. The van der Waals surface area contributed by atoms with Crippen LogP contribution in [0.4, 0.5) is 4.39 Å². The zero-order chi connectivity index (χ0) is 11.5. The Morgan fingerprint density at radius 3 is 2.38 bits per heavy atom. The zero-order valence-electron chi connectivity index (χ0n) is 8.08. The van der Waals surface area contributed by atoms with E-state index in [0.29, 0.717) is 10.2 Å². The molecular formula is C12H7Br2FO. The molecule has 0 atom stereocenters. The molecule has 0 unspecified atom stereocenters. The van der Waals surface area contributed by atoms with Gasteiger partial charge in [-0.25, -0.2) is 4.39 Å². The van der Waals surface area contributed by atoms with E-state index in [1.165, 1.54) is 6.07 Å². The first-order chi connectivity index (χ1) is 7.65. The Balaban J connectivity index is 2.27. The topological polar surface area (TPSA) is 9.23 Å². The lowest BCUT2D eigenvalue weighted by Crippen LogP contribution is -1.87. The third-order valence-electron chi connectivity index (χ3n) is 1.92. The first kappa shape index (κ1) is 11.6. The van der Waals surface area contributed by atoms with Gasteiger partial charge in [0.05, 0.1) is 0 Å². The molecule has 1 nitrogen and oxygen atoms in total. The number of halogens is 3. The molecule has 0 bridgehead atoms. The van der Waals surface area contributed by atoms with Crippen molar-refractivity contribution in [2.75, 3.05) is 0 Å². The molecule has 2 aromatic carbocycles. The predicted octanol–water partition coefficient (Wildman–Crippen LogP) is 5.14. The van der Waals surface area contributed by atoms with Gasteiger partial charge < -0.3 is 4.74 Å². The highest BCUT2D eigenvalue weighted by molar-refractivity contribution is 9.10. The van der Waals surface area contributed by atoms with Gasteiger partial charge in [0.25, 0.3) is 0 Å². The van der Waals surface area contributed by atoms with Crippen molar-refractivity contribution >= 4 is 31.9 Å². The molecule has 0 aromatic heterocycles. The lowest BCUT2D eigenvalue weighted by Gasteiger charge is -2.07. The second kappa shape index (κ2) is 4.97. The SMILES string of the molecule is Fc1cc(Br)ccc1Oc1cccc(Br)c1. The van der Waals surface area contributed by atoms with Crippen LogP contribution in [0.3, 0.4) is 0 Å². The molecule has 0 fully saturated rings. The van der Waals surface area contributed by atoms with Crippen LogP contribution in [0.1, 0.15) is 0 Å². The van der Waals surface area contributed by atoms with Gasteiger partial charge in [0, 0.05) is 8.95 Å². The summed E-state index contributed by atoms with van der Waals surface area (Å²) < 4.78 is 20.5. The molecule has 0 heterocycles. The van der Waals surface area contributed by atoms with Crippen molar-refractivity contribution in [1.29, 1.82) is 0 Å². The maximum absolute atomic E-state index is 13.5. The van der Waals surface area contributed by atoms with E-state index in [0.717, 1.165) is 4.47 Å². The Hall–Kier alpha value is -0.870. The summed E-state index contributed by atoms with van der Waals surface area (Å²) in [6, 6.07) is 11.9. The molecule has 2 aromatic rings. The molecule has 0 radical (unpaired) electrons. The third kappa shape index (κ3) is 2.83. The zero-order valence-corrected chi connectivity index (χ0v) is 11.3. The fourth-order valence-corrected chi connectivity index (χ4v) is 1.93. The van der Waals surface area contributed by atoms with Crippen LogP contribution >= 0.6 is 31.9 Å². The highest BCUT2D eigenvalue weighted by atomic mass is 79.9. The normalized spacial score (nSPS) is 10.2. The predicted molar refractivity (Wildman–Crippen MR) is 68.3 cm³/mol. The van der Waals surface area contributed by atoms with Crippen LogP contribution in [0.5, 0.6) is 11.5 Å². The maximum atomic E-state index is 13.5. The van der Waals surface area contributed by atoms with Crippen molar-refractivity contribution < 1.29 is 9.13 Å². The van der Waals surface area contributed by atoms with E-state index in [2.05, 4.69) is 31.9 Å². The standard InChI is InChI=1S/C12H7Br2FO/c13-8-2-1-3-10(6-8)16-12-5-4-9(14)7-11(12)15/h1-7H. The van der Waals surface area contributed by atoms with Crippen LogP contribution in [-0.2, 0) is 0 Å². The van der Waals surface area contributed by atoms with Gasteiger partial charge in [-0.05, 0) is 36.4 Å². The van der Waals surface area contributed by atoms with Crippen LogP contribution in [0, 0.1) is 5.82 Å². The molecule has 16 heavy (non-hydrogen) atoms. The summed E-state index contributed by atoms with van der Waals surface area (Å²) in [4.78, 5) is 0. The number of benzene rings is 2. The van der Waals surface area contributed by atoms with E-state index in [-0.39, 0.29) is 5.75 Å². The molecule has 0 N–H and O–H groups in total. The van der Waals surface area contributed by atoms with Crippen molar-refractivity contribution in [3.8, 4) is 11.5 Å². The Kier molecular flexibility index (Phi) is 3.61.